The smallest absolute Gasteiger partial charge is 0.123 e. The van der Waals surface area contributed by atoms with Crippen LogP contribution in [0, 0.1) is 5.92 Å². The maximum Gasteiger partial charge on any atom is 0.123 e. The Kier molecular flexibility index (Phi) is 4.74. The molecular weight excluding hydrogens is 246 g/mol. The summed E-state index contributed by atoms with van der Waals surface area (Å²) in [5.41, 5.74) is 2.91. The van der Waals surface area contributed by atoms with Crippen molar-refractivity contribution in [2.75, 3.05) is 13.2 Å². The Morgan fingerprint density at radius 2 is 2.05 bits per heavy atom. The Balaban J connectivity index is 2.30. The lowest BCUT2D eigenvalue weighted by Crippen LogP contribution is -2.28. The van der Waals surface area contributed by atoms with Gasteiger partial charge in [-0.25, -0.2) is 0 Å². The highest BCUT2D eigenvalue weighted by atomic mass is 16.5. The van der Waals surface area contributed by atoms with Crippen LogP contribution in [0.25, 0.3) is 0 Å². The summed E-state index contributed by atoms with van der Waals surface area (Å²) in [6.07, 6.45) is 2.37. The minimum absolute atomic E-state index is 0.135. The highest BCUT2D eigenvalue weighted by molar-refractivity contribution is 5.46. The van der Waals surface area contributed by atoms with Crippen LogP contribution in [0.2, 0.25) is 0 Å². The molecule has 0 spiro atoms. The quantitative estimate of drug-likeness (QED) is 0.828. The van der Waals surface area contributed by atoms with Crippen LogP contribution in [0.4, 0.5) is 0 Å². The average Bonchev–Trinajstić information content (AvgIpc) is 2.74. The van der Waals surface area contributed by atoms with E-state index < -0.39 is 0 Å². The predicted molar refractivity (Wildman–Crippen MR) is 85.5 cm³/mol. The van der Waals surface area contributed by atoms with Crippen molar-refractivity contribution < 1.29 is 4.74 Å². The van der Waals surface area contributed by atoms with Crippen molar-refractivity contribution in [1.29, 1.82) is 0 Å². The van der Waals surface area contributed by atoms with Gasteiger partial charge in [0.15, 0.2) is 0 Å². The molecule has 1 aliphatic rings. The molecular formula is C18H29NO. The lowest BCUT2D eigenvalue weighted by atomic mass is 9.83. The number of fused-ring (bicyclic) bond motifs is 1. The Morgan fingerprint density at radius 3 is 2.70 bits per heavy atom. The first-order valence-corrected chi connectivity index (χ1v) is 8.00. The first-order chi connectivity index (χ1) is 9.49. The van der Waals surface area contributed by atoms with Gasteiger partial charge >= 0.3 is 0 Å². The van der Waals surface area contributed by atoms with Crippen LogP contribution >= 0.6 is 0 Å². The molecule has 1 aliphatic heterocycles. The summed E-state index contributed by atoms with van der Waals surface area (Å²) in [7, 11) is 0. The Hall–Kier alpha value is -1.02. The maximum absolute atomic E-state index is 5.80. The molecule has 0 aromatic heterocycles. The standard InChI is InChI=1S/C18H29NO/c1-6-10-19-17(13(3)7-2)14-8-9-16-15(11-14)18(4,5)12-20-16/h8-9,11,13,17,19H,6-7,10,12H2,1-5H3. The third kappa shape index (κ3) is 3.01. The van der Waals surface area contributed by atoms with Crippen molar-refractivity contribution in [3.05, 3.63) is 29.3 Å². The topological polar surface area (TPSA) is 21.3 Å². The van der Waals surface area contributed by atoms with Crippen molar-refractivity contribution in [1.82, 2.24) is 5.32 Å². The molecule has 0 radical (unpaired) electrons. The second-order valence-electron chi connectivity index (χ2n) is 6.75. The van der Waals surface area contributed by atoms with Gasteiger partial charge in [-0.3, -0.25) is 0 Å². The average molecular weight is 275 g/mol. The summed E-state index contributed by atoms with van der Waals surface area (Å²) in [5, 5.41) is 3.71. The molecule has 0 bridgehead atoms. The van der Waals surface area contributed by atoms with Crippen molar-refractivity contribution in [3.63, 3.8) is 0 Å². The highest BCUT2D eigenvalue weighted by Gasteiger charge is 2.32. The Bertz CT molecular complexity index is 453. The minimum atomic E-state index is 0.135. The van der Waals surface area contributed by atoms with Gasteiger partial charge in [0, 0.05) is 17.0 Å². The Morgan fingerprint density at radius 1 is 1.30 bits per heavy atom. The van der Waals surface area contributed by atoms with E-state index in [0.717, 1.165) is 18.9 Å². The fourth-order valence-electron chi connectivity index (χ4n) is 2.91. The van der Waals surface area contributed by atoms with Gasteiger partial charge in [0.2, 0.25) is 0 Å². The molecule has 1 N–H and O–H groups in total. The third-order valence-electron chi connectivity index (χ3n) is 4.51. The molecule has 0 fully saturated rings. The van der Waals surface area contributed by atoms with E-state index in [1.54, 1.807) is 0 Å². The molecule has 112 valence electrons. The maximum atomic E-state index is 5.80. The van der Waals surface area contributed by atoms with Gasteiger partial charge in [-0.1, -0.05) is 47.1 Å². The second kappa shape index (κ2) is 6.17. The summed E-state index contributed by atoms with van der Waals surface area (Å²) >= 11 is 0. The zero-order valence-corrected chi connectivity index (χ0v) is 13.6. The van der Waals surface area contributed by atoms with Crippen LogP contribution < -0.4 is 10.1 Å². The van der Waals surface area contributed by atoms with Crippen LogP contribution in [0.1, 0.15) is 64.6 Å². The molecule has 20 heavy (non-hydrogen) atoms. The first-order valence-electron chi connectivity index (χ1n) is 8.00. The highest BCUT2D eigenvalue weighted by Crippen LogP contribution is 2.40. The van der Waals surface area contributed by atoms with Gasteiger partial charge in [0.25, 0.3) is 0 Å². The van der Waals surface area contributed by atoms with E-state index in [2.05, 4.69) is 58.1 Å². The molecule has 2 heteroatoms. The lowest BCUT2D eigenvalue weighted by molar-refractivity contribution is 0.291. The molecule has 2 atom stereocenters. The van der Waals surface area contributed by atoms with E-state index in [4.69, 9.17) is 4.74 Å². The molecule has 0 saturated heterocycles. The summed E-state index contributed by atoms with van der Waals surface area (Å²) in [5.74, 6) is 1.71. The number of nitrogens with one attached hydrogen (secondary N) is 1. The van der Waals surface area contributed by atoms with Gasteiger partial charge in [0.05, 0.1) is 6.61 Å². The van der Waals surface area contributed by atoms with Crippen LogP contribution in [0.5, 0.6) is 5.75 Å². The van der Waals surface area contributed by atoms with E-state index >= 15 is 0 Å². The first kappa shape index (κ1) is 15.4. The summed E-state index contributed by atoms with van der Waals surface area (Å²) in [4.78, 5) is 0. The summed E-state index contributed by atoms with van der Waals surface area (Å²) in [6, 6.07) is 7.20. The van der Waals surface area contributed by atoms with E-state index in [0.29, 0.717) is 12.0 Å². The Labute approximate surface area is 123 Å². The van der Waals surface area contributed by atoms with E-state index in [-0.39, 0.29) is 5.41 Å². The fraction of sp³-hybridized carbons (Fsp3) is 0.667. The van der Waals surface area contributed by atoms with Gasteiger partial charge < -0.3 is 10.1 Å². The van der Waals surface area contributed by atoms with Crippen LogP contribution in [-0.4, -0.2) is 13.2 Å². The number of hydrogen-bond acceptors (Lipinski definition) is 2. The number of ether oxygens (including phenoxy) is 1. The van der Waals surface area contributed by atoms with Crippen molar-refractivity contribution in [2.24, 2.45) is 5.92 Å². The zero-order chi connectivity index (χ0) is 14.8. The van der Waals surface area contributed by atoms with E-state index in [9.17, 15) is 0 Å². The van der Waals surface area contributed by atoms with Crippen LogP contribution in [-0.2, 0) is 5.41 Å². The normalized spacial score (nSPS) is 19.2. The summed E-state index contributed by atoms with van der Waals surface area (Å²) < 4.78 is 5.80. The third-order valence-corrected chi connectivity index (χ3v) is 4.51. The van der Waals surface area contributed by atoms with Crippen LogP contribution in [0.3, 0.4) is 0 Å². The van der Waals surface area contributed by atoms with E-state index in [1.807, 2.05) is 0 Å². The minimum Gasteiger partial charge on any atom is -0.492 e. The van der Waals surface area contributed by atoms with Gasteiger partial charge in [-0.05, 0) is 36.6 Å². The SMILES string of the molecule is CCCNC(c1ccc2c(c1)C(C)(C)CO2)C(C)CC. The summed E-state index contributed by atoms with van der Waals surface area (Å²) in [6.45, 7) is 13.2. The largest absolute Gasteiger partial charge is 0.492 e. The number of benzene rings is 1. The number of hydrogen-bond donors (Lipinski definition) is 1. The lowest BCUT2D eigenvalue weighted by Gasteiger charge is -2.26. The van der Waals surface area contributed by atoms with Gasteiger partial charge in [-0.2, -0.15) is 0 Å². The van der Waals surface area contributed by atoms with Crippen LogP contribution in [0.15, 0.2) is 18.2 Å². The molecule has 2 unspecified atom stereocenters. The molecule has 1 heterocycles. The zero-order valence-electron chi connectivity index (χ0n) is 13.6. The molecule has 1 aromatic carbocycles. The fourth-order valence-corrected chi connectivity index (χ4v) is 2.91. The molecule has 2 rings (SSSR count). The van der Waals surface area contributed by atoms with Crippen molar-refractivity contribution >= 4 is 0 Å². The molecule has 0 saturated carbocycles. The molecule has 0 aliphatic carbocycles. The molecule has 0 amide bonds. The molecule has 2 nitrogen and oxygen atoms in total. The molecule has 1 aromatic rings. The van der Waals surface area contributed by atoms with Crippen molar-refractivity contribution in [2.45, 2.75) is 58.9 Å². The van der Waals surface area contributed by atoms with Gasteiger partial charge in [0.1, 0.15) is 5.75 Å². The van der Waals surface area contributed by atoms with Gasteiger partial charge in [-0.15, -0.1) is 0 Å². The van der Waals surface area contributed by atoms with E-state index in [1.165, 1.54) is 24.0 Å². The second-order valence-corrected chi connectivity index (χ2v) is 6.75. The predicted octanol–water partition coefficient (Wildman–Crippen LogP) is 4.44. The van der Waals surface area contributed by atoms with Crippen molar-refractivity contribution in [3.8, 4) is 5.75 Å². The number of rotatable bonds is 6. The monoisotopic (exact) mass is 275 g/mol.